The van der Waals surface area contributed by atoms with Crippen molar-refractivity contribution in [3.63, 3.8) is 0 Å². The van der Waals surface area contributed by atoms with Gasteiger partial charge < -0.3 is 14.6 Å². The van der Waals surface area contributed by atoms with Crippen LogP contribution in [0.1, 0.15) is 10.4 Å². The Balaban J connectivity index is 2.02. The number of methoxy groups -OCH3 is 1. The van der Waals surface area contributed by atoms with Crippen LogP contribution in [0, 0.1) is 5.82 Å². The van der Waals surface area contributed by atoms with Gasteiger partial charge in [-0.05, 0) is 48.5 Å². The number of anilines is 2. The third kappa shape index (κ3) is 3.23. The fraction of sp³-hybridized carbons (Fsp3) is 0.0588. The molecule has 3 rings (SSSR count). The number of halogens is 2. The van der Waals surface area contributed by atoms with E-state index in [4.69, 9.17) is 20.9 Å². The number of rotatable bonds is 4. The summed E-state index contributed by atoms with van der Waals surface area (Å²) in [6, 6.07) is 12.4. The van der Waals surface area contributed by atoms with E-state index in [9.17, 15) is 9.18 Å². The summed E-state index contributed by atoms with van der Waals surface area (Å²) in [5.41, 5.74) is 1.58. The largest absolute Gasteiger partial charge is 0.465 e. The summed E-state index contributed by atoms with van der Waals surface area (Å²) >= 11 is 5.85. The molecule has 0 aliphatic rings. The number of hydrogen-bond acceptors (Lipinski definition) is 5. The molecule has 5 nitrogen and oxygen atoms in total. The maximum atomic E-state index is 13.1. The fourth-order valence-electron chi connectivity index (χ4n) is 2.14. The van der Waals surface area contributed by atoms with E-state index in [-0.39, 0.29) is 23.0 Å². The maximum Gasteiger partial charge on any atom is 0.345 e. The number of ether oxygens (including phenoxy) is 1. The number of aromatic nitrogens is 1. The van der Waals surface area contributed by atoms with Crippen LogP contribution in [0.3, 0.4) is 0 Å². The number of carbonyl (C=O) groups excluding carboxylic acids is 1. The highest BCUT2D eigenvalue weighted by molar-refractivity contribution is 6.30. The van der Waals surface area contributed by atoms with Crippen LogP contribution in [0.25, 0.3) is 11.3 Å². The summed E-state index contributed by atoms with van der Waals surface area (Å²) in [5.74, 6) is -0.878. The molecule has 3 aromatic rings. The summed E-state index contributed by atoms with van der Waals surface area (Å²) in [5, 5.41) is 7.45. The summed E-state index contributed by atoms with van der Waals surface area (Å²) in [4.78, 5) is 12.1. The molecule has 0 saturated carbocycles. The Morgan fingerprint density at radius 2 is 1.83 bits per heavy atom. The molecule has 0 bridgehead atoms. The minimum atomic E-state index is -0.618. The van der Waals surface area contributed by atoms with Crippen LogP contribution in [-0.2, 0) is 4.74 Å². The molecule has 0 unspecified atom stereocenters. The average molecular weight is 347 g/mol. The van der Waals surface area contributed by atoms with Crippen LogP contribution in [0.15, 0.2) is 53.1 Å². The van der Waals surface area contributed by atoms with E-state index in [2.05, 4.69) is 10.5 Å². The Kier molecular flexibility index (Phi) is 4.48. The Labute approximate surface area is 142 Å². The molecule has 0 atom stereocenters. The number of hydrogen-bond donors (Lipinski definition) is 1. The van der Waals surface area contributed by atoms with E-state index < -0.39 is 5.97 Å². The third-order valence-electron chi connectivity index (χ3n) is 3.30. The number of nitrogens with one attached hydrogen (secondary N) is 1. The first-order valence-corrected chi connectivity index (χ1v) is 7.33. The highest BCUT2D eigenvalue weighted by Gasteiger charge is 2.25. The average Bonchev–Trinajstić information content (AvgIpc) is 3.00. The summed E-state index contributed by atoms with van der Waals surface area (Å²) in [6.45, 7) is 0. The molecule has 0 spiro atoms. The smallest absolute Gasteiger partial charge is 0.345 e. The van der Waals surface area contributed by atoms with Crippen LogP contribution in [0.2, 0.25) is 5.02 Å². The van der Waals surface area contributed by atoms with Crippen LogP contribution < -0.4 is 5.32 Å². The normalized spacial score (nSPS) is 10.5. The molecule has 1 heterocycles. The Morgan fingerprint density at radius 3 is 2.46 bits per heavy atom. The monoisotopic (exact) mass is 346 g/mol. The lowest BCUT2D eigenvalue weighted by Gasteiger charge is -2.05. The van der Waals surface area contributed by atoms with Gasteiger partial charge >= 0.3 is 5.97 Å². The van der Waals surface area contributed by atoms with Crippen LogP contribution in [0.4, 0.5) is 16.0 Å². The van der Waals surface area contributed by atoms with Gasteiger partial charge in [-0.3, -0.25) is 0 Å². The second kappa shape index (κ2) is 6.72. The highest BCUT2D eigenvalue weighted by Crippen LogP contribution is 2.31. The molecule has 2 aromatic carbocycles. The van der Waals surface area contributed by atoms with E-state index in [1.54, 1.807) is 24.3 Å². The van der Waals surface area contributed by atoms with Crippen molar-refractivity contribution in [2.75, 3.05) is 12.4 Å². The van der Waals surface area contributed by atoms with Crippen molar-refractivity contribution in [2.45, 2.75) is 0 Å². The molecule has 1 aromatic heterocycles. The molecule has 0 fully saturated rings. The molecule has 0 saturated heterocycles. The number of benzene rings is 2. The third-order valence-corrected chi connectivity index (χ3v) is 3.55. The molecule has 0 amide bonds. The molecule has 24 heavy (non-hydrogen) atoms. The number of nitrogens with zero attached hydrogens (tertiary/aromatic N) is 1. The first-order valence-electron chi connectivity index (χ1n) is 6.95. The second-order valence-corrected chi connectivity index (χ2v) is 5.30. The van der Waals surface area contributed by atoms with Crippen molar-refractivity contribution in [1.29, 1.82) is 0 Å². The van der Waals surface area contributed by atoms with E-state index in [1.807, 2.05) is 0 Å². The lowest BCUT2D eigenvalue weighted by Crippen LogP contribution is -2.05. The SMILES string of the molecule is COC(=O)c1c(-c2ccc(F)cc2)noc1Nc1ccc(Cl)cc1. The Hall–Kier alpha value is -2.86. The Bertz CT molecular complexity index is 861. The maximum absolute atomic E-state index is 13.1. The minimum Gasteiger partial charge on any atom is -0.465 e. The lowest BCUT2D eigenvalue weighted by molar-refractivity contribution is 0.0602. The standard InChI is InChI=1S/C17H12ClFN2O3/c1-23-17(22)14-15(10-2-6-12(19)7-3-10)21-24-16(14)20-13-8-4-11(18)5-9-13/h2-9,20H,1H3. The van der Waals surface area contributed by atoms with Crippen molar-refractivity contribution >= 4 is 29.1 Å². The highest BCUT2D eigenvalue weighted by atomic mass is 35.5. The zero-order chi connectivity index (χ0) is 17.1. The number of carbonyl (C=O) groups is 1. The van der Waals surface area contributed by atoms with Gasteiger partial charge in [-0.1, -0.05) is 16.8 Å². The molecule has 1 N–H and O–H groups in total. The predicted octanol–water partition coefficient (Wildman–Crippen LogP) is 4.66. The topological polar surface area (TPSA) is 64.4 Å². The summed E-state index contributed by atoms with van der Waals surface area (Å²) in [6.07, 6.45) is 0. The van der Waals surface area contributed by atoms with Gasteiger partial charge in [0.25, 0.3) is 0 Å². The van der Waals surface area contributed by atoms with Crippen LogP contribution in [0.5, 0.6) is 0 Å². The van der Waals surface area contributed by atoms with Gasteiger partial charge in [0.05, 0.1) is 7.11 Å². The van der Waals surface area contributed by atoms with Crippen molar-refractivity contribution < 1.29 is 18.4 Å². The quantitative estimate of drug-likeness (QED) is 0.696. The van der Waals surface area contributed by atoms with Crippen LogP contribution in [-0.4, -0.2) is 18.2 Å². The summed E-state index contributed by atoms with van der Waals surface area (Å²) in [7, 11) is 1.26. The van der Waals surface area contributed by atoms with Gasteiger partial charge in [0.1, 0.15) is 11.5 Å². The molecule has 7 heteroatoms. The van der Waals surface area contributed by atoms with Gasteiger partial charge in [0.2, 0.25) is 5.88 Å². The predicted molar refractivity (Wildman–Crippen MR) is 88.0 cm³/mol. The zero-order valence-electron chi connectivity index (χ0n) is 12.5. The van der Waals surface area contributed by atoms with Crippen LogP contribution >= 0.6 is 11.6 Å². The number of esters is 1. The van der Waals surface area contributed by atoms with E-state index in [0.717, 1.165) is 0 Å². The molecular formula is C17H12ClFN2O3. The van der Waals surface area contributed by atoms with Gasteiger partial charge in [-0.2, -0.15) is 0 Å². The minimum absolute atomic E-state index is 0.124. The first-order chi connectivity index (χ1) is 11.6. The molecule has 0 aliphatic heterocycles. The lowest BCUT2D eigenvalue weighted by atomic mass is 10.1. The van der Waals surface area contributed by atoms with Crippen molar-refractivity contribution in [3.8, 4) is 11.3 Å². The second-order valence-electron chi connectivity index (χ2n) is 4.87. The molecule has 122 valence electrons. The van der Waals surface area contributed by atoms with Gasteiger partial charge in [0, 0.05) is 16.3 Å². The van der Waals surface area contributed by atoms with Gasteiger partial charge in [-0.25, -0.2) is 9.18 Å². The van der Waals surface area contributed by atoms with E-state index in [0.29, 0.717) is 16.3 Å². The zero-order valence-corrected chi connectivity index (χ0v) is 13.3. The van der Waals surface area contributed by atoms with E-state index in [1.165, 1.54) is 31.4 Å². The van der Waals surface area contributed by atoms with Crippen molar-refractivity contribution in [2.24, 2.45) is 0 Å². The first kappa shape index (κ1) is 16.0. The Morgan fingerprint density at radius 1 is 1.17 bits per heavy atom. The molecular weight excluding hydrogens is 335 g/mol. The molecule has 0 aliphatic carbocycles. The van der Waals surface area contributed by atoms with E-state index >= 15 is 0 Å². The van der Waals surface area contributed by atoms with Gasteiger partial charge in [-0.15, -0.1) is 0 Å². The van der Waals surface area contributed by atoms with Crippen molar-refractivity contribution in [1.82, 2.24) is 5.16 Å². The fourth-order valence-corrected chi connectivity index (χ4v) is 2.26. The molecule has 0 radical (unpaired) electrons. The summed E-state index contributed by atoms with van der Waals surface area (Å²) < 4.78 is 23.1. The van der Waals surface area contributed by atoms with Gasteiger partial charge in [0.15, 0.2) is 5.56 Å². The van der Waals surface area contributed by atoms with Crippen molar-refractivity contribution in [3.05, 3.63) is 64.9 Å².